The van der Waals surface area contributed by atoms with E-state index in [1.54, 1.807) is 7.11 Å². The summed E-state index contributed by atoms with van der Waals surface area (Å²) in [6, 6.07) is 16.1. The monoisotopic (exact) mass is 338 g/mol. The van der Waals surface area contributed by atoms with Crippen molar-refractivity contribution in [1.82, 2.24) is 10.2 Å². The van der Waals surface area contributed by atoms with Gasteiger partial charge in [0.1, 0.15) is 5.75 Å². The fourth-order valence-corrected chi connectivity index (χ4v) is 3.41. The molecule has 1 saturated heterocycles. The van der Waals surface area contributed by atoms with E-state index in [1.807, 2.05) is 43.3 Å². The van der Waals surface area contributed by atoms with Crippen molar-refractivity contribution in [3.63, 3.8) is 0 Å². The molecule has 0 aromatic heterocycles. The molecule has 1 fully saturated rings. The van der Waals surface area contributed by atoms with E-state index in [9.17, 15) is 4.79 Å². The quantitative estimate of drug-likeness (QED) is 0.875. The smallest absolute Gasteiger partial charge is 0.251 e. The molecule has 25 heavy (non-hydrogen) atoms. The van der Waals surface area contributed by atoms with Crippen LogP contribution in [0.3, 0.4) is 0 Å². The second kappa shape index (κ2) is 8.17. The maximum atomic E-state index is 12.5. The molecule has 2 aromatic carbocycles. The van der Waals surface area contributed by atoms with Crippen molar-refractivity contribution in [3.8, 4) is 5.75 Å². The molecule has 0 radical (unpaired) electrons. The molecule has 1 amide bonds. The Balaban J connectivity index is 1.72. The Morgan fingerprint density at radius 3 is 2.52 bits per heavy atom. The number of carbonyl (C=O) groups excluding carboxylic acids is 1. The summed E-state index contributed by atoms with van der Waals surface area (Å²) >= 11 is 0. The number of amides is 1. The van der Waals surface area contributed by atoms with E-state index in [4.69, 9.17) is 4.74 Å². The Morgan fingerprint density at radius 1 is 1.16 bits per heavy atom. The van der Waals surface area contributed by atoms with Gasteiger partial charge in [0, 0.05) is 12.1 Å². The van der Waals surface area contributed by atoms with E-state index in [0.717, 1.165) is 30.0 Å². The van der Waals surface area contributed by atoms with Gasteiger partial charge in [-0.05, 0) is 62.7 Å². The van der Waals surface area contributed by atoms with Crippen LogP contribution in [0.25, 0.3) is 0 Å². The summed E-state index contributed by atoms with van der Waals surface area (Å²) in [6.07, 6.45) is 2.44. The lowest BCUT2D eigenvalue weighted by Crippen LogP contribution is -2.36. The van der Waals surface area contributed by atoms with Crippen LogP contribution >= 0.6 is 0 Å². The minimum Gasteiger partial charge on any atom is -0.497 e. The van der Waals surface area contributed by atoms with Gasteiger partial charge in [0.05, 0.1) is 13.2 Å². The number of nitrogens with one attached hydrogen (secondary N) is 1. The zero-order valence-corrected chi connectivity index (χ0v) is 15.0. The van der Waals surface area contributed by atoms with E-state index in [1.165, 1.54) is 18.4 Å². The number of rotatable bonds is 6. The van der Waals surface area contributed by atoms with Crippen molar-refractivity contribution in [2.75, 3.05) is 26.7 Å². The SMILES string of the molecule is COc1ccc(C(CNC(=O)c2cccc(C)c2)N2CCCC2)cc1. The summed E-state index contributed by atoms with van der Waals surface area (Å²) in [4.78, 5) is 15.0. The fourth-order valence-electron chi connectivity index (χ4n) is 3.41. The number of aryl methyl sites for hydroxylation is 1. The van der Waals surface area contributed by atoms with E-state index < -0.39 is 0 Å². The fraction of sp³-hybridized carbons (Fsp3) is 0.381. The van der Waals surface area contributed by atoms with Gasteiger partial charge in [-0.2, -0.15) is 0 Å². The van der Waals surface area contributed by atoms with Crippen LogP contribution in [0.2, 0.25) is 0 Å². The molecule has 3 rings (SSSR count). The highest BCUT2D eigenvalue weighted by Crippen LogP contribution is 2.26. The van der Waals surface area contributed by atoms with E-state index >= 15 is 0 Å². The molecule has 4 heteroatoms. The molecule has 0 spiro atoms. The normalized spacial score (nSPS) is 15.8. The van der Waals surface area contributed by atoms with Crippen molar-refractivity contribution in [1.29, 1.82) is 0 Å². The Bertz CT molecular complexity index is 706. The topological polar surface area (TPSA) is 41.6 Å². The van der Waals surface area contributed by atoms with E-state index in [-0.39, 0.29) is 11.9 Å². The molecular weight excluding hydrogens is 312 g/mol. The van der Waals surface area contributed by atoms with Crippen LogP contribution in [0.4, 0.5) is 0 Å². The predicted molar refractivity (Wildman–Crippen MR) is 100 cm³/mol. The van der Waals surface area contributed by atoms with Crippen LogP contribution in [0.15, 0.2) is 48.5 Å². The number of hydrogen-bond donors (Lipinski definition) is 1. The van der Waals surface area contributed by atoms with Crippen LogP contribution in [0, 0.1) is 6.92 Å². The van der Waals surface area contributed by atoms with E-state index in [0.29, 0.717) is 6.54 Å². The van der Waals surface area contributed by atoms with Gasteiger partial charge in [0.25, 0.3) is 5.91 Å². The minimum atomic E-state index is -0.0126. The first-order chi connectivity index (χ1) is 12.2. The Morgan fingerprint density at radius 2 is 1.88 bits per heavy atom. The Hall–Kier alpha value is -2.33. The molecule has 4 nitrogen and oxygen atoms in total. The maximum Gasteiger partial charge on any atom is 0.251 e. The zero-order chi connectivity index (χ0) is 17.6. The van der Waals surface area contributed by atoms with Crippen molar-refractivity contribution < 1.29 is 9.53 Å². The summed E-state index contributed by atoms with van der Waals surface area (Å²) in [7, 11) is 1.68. The number of carbonyl (C=O) groups is 1. The molecule has 0 saturated carbocycles. The molecule has 0 aliphatic carbocycles. The highest BCUT2D eigenvalue weighted by Gasteiger charge is 2.24. The lowest BCUT2D eigenvalue weighted by Gasteiger charge is -2.28. The van der Waals surface area contributed by atoms with Crippen LogP contribution in [0.5, 0.6) is 5.75 Å². The number of methoxy groups -OCH3 is 1. The molecule has 1 aliphatic heterocycles. The number of ether oxygens (including phenoxy) is 1. The molecule has 1 unspecified atom stereocenters. The van der Waals surface area contributed by atoms with Gasteiger partial charge in [-0.3, -0.25) is 9.69 Å². The average Bonchev–Trinajstić information content (AvgIpc) is 3.16. The second-order valence-electron chi connectivity index (χ2n) is 6.61. The second-order valence-corrected chi connectivity index (χ2v) is 6.61. The standard InChI is InChI=1S/C21H26N2O2/c1-16-6-5-7-18(14-16)21(24)22-15-20(23-12-3-4-13-23)17-8-10-19(25-2)11-9-17/h5-11,14,20H,3-4,12-13,15H2,1-2H3,(H,22,24). The van der Waals surface area contributed by atoms with Gasteiger partial charge in [-0.25, -0.2) is 0 Å². The summed E-state index contributed by atoms with van der Waals surface area (Å²) in [5.74, 6) is 0.842. The maximum absolute atomic E-state index is 12.5. The van der Waals surface area contributed by atoms with Gasteiger partial charge in [0.15, 0.2) is 0 Å². The number of nitrogens with zero attached hydrogens (tertiary/aromatic N) is 1. The van der Waals surface area contributed by atoms with Gasteiger partial charge in [-0.15, -0.1) is 0 Å². The average molecular weight is 338 g/mol. The molecule has 132 valence electrons. The number of benzene rings is 2. The van der Waals surface area contributed by atoms with Crippen molar-refractivity contribution in [2.24, 2.45) is 0 Å². The first kappa shape index (κ1) is 17.5. The summed E-state index contributed by atoms with van der Waals surface area (Å²) in [6.45, 7) is 4.77. The first-order valence-electron chi connectivity index (χ1n) is 8.90. The number of hydrogen-bond acceptors (Lipinski definition) is 3. The van der Waals surface area contributed by atoms with Gasteiger partial charge < -0.3 is 10.1 Å². The van der Waals surface area contributed by atoms with Crippen LogP contribution in [0.1, 0.15) is 40.4 Å². The van der Waals surface area contributed by atoms with Crippen molar-refractivity contribution in [3.05, 3.63) is 65.2 Å². The third-order valence-corrected chi connectivity index (χ3v) is 4.82. The molecule has 0 bridgehead atoms. The largest absolute Gasteiger partial charge is 0.497 e. The lowest BCUT2D eigenvalue weighted by molar-refractivity contribution is 0.0938. The van der Waals surface area contributed by atoms with Crippen molar-refractivity contribution >= 4 is 5.91 Å². The Kier molecular flexibility index (Phi) is 5.71. The third kappa shape index (κ3) is 4.40. The minimum absolute atomic E-state index is 0.0126. The highest BCUT2D eigenvalue weighted by atomic mass is 16.5. The summed E-state index contributed by atoms with van der Waals surface area (Å²) in [5, 5.41) is 3.12. The molecule has 1 heterocycles. The number of likely N-dealkylation sites (tertiary alicyclic amines) is 1. The molecule has 1 aliphatic rings. The van der Waals surface area contributed by atoms with Crippen LogP contribution < -0.4 is 10.1 Å². The first-order valence-corrected chi connectivity index (χ1v) is 8.90. The van der Waals surface area contributed by atoms with Crippen molar-refractivity contribution in [2.45, 2.75) is 25.8 Å². The Labute approximate surface area is 149 Å². The van der Waals surface area contributed by atoms with Gasteiger partial charge in [-0.1, -0.05) is 29.8 Å². The molecular formula is C21H26N2O2. The lowest BCUT2D eigenvalue weighted by atomic mass is 10.0. The molecule has 1 N–H and O–H groups in total. The van der Waals surface area contributed by atoms with Gasteiger partial charge >= 0.3 is 0 Å². The van der Waals surface area contributed by atoms with Crippen LogP contribution in [-0.4, -0.2) is 37.6 Å². The molecule has 2 aromatic rings. The van der Waals surface area contributed by atoms with Gasteiger partial charge in [0.2, 0.25) is 0 Å². The highest BCUT2D eigenvalue weighted by molar-refractivity contribution is 5.94. The molecule has 1 atom stereocenters. The summed E-state index contributed by atoms with van der Waals surface area (Å²) < 4.78 is 5.26. The predicted octanol–water partition coefficient (Wildman–Crippen LogP) is 3.57. The zero-order valence-electron chi connectivity index (χ0n) is 15.0. The third-order valence-electron chi connectivity index (χ3n) is 4.82. The van der Waals surface area contributed by atoms with E-state index in [2.05, 4.69) is 22.3 Å². The summed E-state index contributed by atoms with van der Waals surface area (Å²) in [5.41, 5.74) is 3.03. The van der Waals surface area contributed by atoms with Crippen LogP contribution in [-0.2, 0) is 0 Å².